The van der Waals surface area contributed by atoms with Gasteiger partial charge in [0, 0.05) is 0 Å². The smallest absolute Gasteiger partial charge is 0.0117 e. The molecule has 2 rings (SSSR count). The van der Waals surface area contributed by atoms with Crippen molar-refractivity contribution in [3.05, 3.63) is 45.5 Å². The Kier molecular flexibility index (Phi) is 2.53. The Morgan fingerprint density at radius 2 is 1.12 bits per heavy atom. The molecule has 0 heterocycles. The fourth-order valence-electron chi connectivity index (χ4n) is 2.56. The number of hydrogen-bond acceptors (Lipinski definition) is 0. The fourth-order valence-corrected chi connectivity index (χ4v) is 2.56. The van der Waals surface area contributed by atoms with E-state index in [1.165, 1.54) is 44.2 Å². The van der Waals surface area contributed by atoms with Crippen LogP contribution in [0, 0.1) is 41.5 Å². The lowest BCUT2D eigenvalue weighted by molar-refractivity contribution is 1.24. The van der Waals surface area contributed by atoms with E-state index >= 15 is 0 Å². The van der Waals surface area contributed by atoms with Gasteiger partial charge in [0.05, 0.1) is 0 Å². The molecule has 0 aromatic heterocycles. The summed E-state index contributed by atoms with van der Waals surface area (Å²) in [4.78, 5) is 0. The largest absolute Gasteiger partial charge is 0.0584 e. The van der Waals surface area contributed by atoms with Gasteiger partial charge in [0.15, 0.2) is 0 Å². The van der Waals surface area contributed by atoms with Crippen molar-refractivity contribution in [3.8, 4) is 0 Å². The van der Waals surface area contributed by atoms with Gasteiger partial charge in [0.2, 0.25) is 0 Å². The summed E-state index contributed by atoms with van der Waals surface area (Å²) in [5, 5.41) is 2.88. The minimum absolute atomic E-state index is 1.39. The SMILES string of the molecule is Cc1ccc2c(C)c(C)c(C)c(C)c2c1C. The van der Waals surface area contributed by atoms with Crippen LogP contribution < -0.4 is 0 Å². The predicted molar refractivity (Wildman–Crippen MR) is 72.4 cm³/mol. The van der Waals surface area contributed by atoms with Crippen LogP contribution in [0.3, 0.4) is 0 Å². The molecule has 2 aromatic carbocycles. The highest BCUT2D eigenvalue weighted by Gasteiger charge is 2.11. The molecule has 0 aliphatic heterocycles. The maximum atomic E-state index is 2.27. The van der Waals surface area contributed by atoms with Crippen LogP contribution in [0.15, 0.2) is 12.1 Å². The Balaban J connectivity index is 3.09. The van der Waals surface area contributed by atoms with Crippen LogP contribution in [0.4, 0.5) is 0 Å². The first-order valence-corrected chi connectivity index (χ1v) is 5.91. The standard InChI is InChI=1S/C16H20/c1-9-7-8-15-13(5)11(3)12(4)14(6)16(15)10(9)2/h7-8H,1-6H3. The molecule has 0 unspecified atom stereocenters. The lowest BCUT2D eigenvalue weighted by Gasteiger charge is -2.17. The predicted octanol–water partition coefficient (Wildman–Crippen LogP) is 4.69. The molecule has 84 valence electrons. The van der Waals surface area contributed by atoms with Crippen LogP contribution in [0.2, 0.25) is 0 Å². The van der Waals surface area contributed by atoms with Crippen LogP contribution in [-0.2, 0) is 0 Å². The third-order valence-corrected chi connectivity index (χ3v) is 4.20. The number of aryl methyl sites for hydroxylation is 4. The van der Waals surface area contributed by atoms with Gasteiger partial charge in [-0.05, 0) is 85.7 Å². The molecular weight excluding hydrogens is 192 g/mol. The van der Waals surface area contributed by atoms with Crippen molar-refractivity contribution in [2.75, 3.05) is 0 Å². The summed E-state index contributed by atoms with van der Waals surface area (Å²) in [7, 11) is 0. The average Bonchev–Trinajstić information content (AvgIpc) is 2.27. The van der Waals surface area contributed by atoms with Gasteiger partial charge in [-0.3, -0.25) is 0 Å². The van der Waals surface area contributed by atoms with E-state index in [1.54, 1.807) is 0 Å². The fraction of sp³-hybridized carbons (Fsp3) is 0.375. The molecule has 0 saturated heterocycles. The average molecular weight is 212 g/mol. The van der Waals surface area contributed by atoms with Gasteiger partial charge >= 0.3 is 0 Å². The van der Waals surface area contributed by atoms with Crippen LogP contribution >= 0.6 is 0 Å². The van der Waals surface area contributed by atoms with Crippen molar-refractivity contribution in [1.29, 1.82) is 0 Å². The molecule has 0 aliphatic rings. The van der Waals surface area contributed by atoms with Crippen LogP contribution in [0.5, 0.6) is 0 Å². The molecular formula is C16H20. The highest BCUT2D eigenvalue weighted by Crippen LogP contribution is 2.32. The van der Waals surface area contributed by atoms with E-state index in [2.05, 4.69) is 53.7 Å². The van der Waals surface area contributed by atoms with Crippen LogP contribution in [0.1, 0.15) is 33.4 Å². The Bertz CT molecular complexity index is 575. The van der Waals surface area contributed by atoms with Crippen molar-refractivity contribution in [3.63, 3.8) is 0 Å². The van der Waals surface area contributed by atoms with Crippen molar-refractivity contribution >= 4 is 10.8 Å². The van der Waals surface area contributed by atoms with Crippen molar-refractivity contribution in [2.45, 2.75) is 41.5 Å². The van der Waals surface area contributed by atoms with E-state index in [1.807, 2.05) is 0 Å². The van der Waals surface area contributed by atoms with Gasteiger partial charge in [0.1, 0.15) is 0 Å². The summed E-state index contributed by atoms with van der Waals surface area (Å²) in [6.07, 6.45) is 0. The van der Waals surface area contributed by atoms with Crippen molar-refractivity contribution in [2.24, 2.45) is 0 Å². The van der Waals surface area contributed by atoms with Gasteiger partial charge in [0.25, 0.3) is 0 Å². The summed E-state index contributed by atoms with van der Waals surface area (Å²) in [6, 6.07) is 4.51. The molecule has 0 bridgehead atoms. The highest BCUT2D eigenvalue weighted by molar-refractivity contribution is 5.93. The summed E-state index contributed by atoms with van der Waals surface area (Å²) in [6.45, 7) is 13.4. The minimum atomic E-state index is 1.39. The quantitative estimate of drug-likeness (QED) is 0.594. The monoisotopic (exact) mass is 212 g/mol. The minimum Gasteiger partial charge on any atom is -0.0584 e. The zero-order valence-corrected chi connectivity index (χ0v) is 11.2. The normalized spacial score (nSPS) is 11.1. The topological polar surface area (TPSA) is 0 Å². The molecule has 0 heteroatoms. The first-order valence-electron chi connectivity index (χ1n) is 5.91. The van der Waals surface area contributed by atoms with Crippen LogP contribution in [-0.4, -0.2) is 0 Å². The van der Waals surface area contributed by atoms with E-state index in [0.29, 0.717) is 0 Å². The highest BCUT2D eigenvalue weighted by atomic mass is 14.2. The Labute approximate surface area is 98.3 Å². The first kappa shape index (κ1) is 11.2. The lowest BCUT2D eigenvalue weighted by Crippen LogP contribution is -1.96. The number of benzene rings is 2. The Morgan fingerprint density at radius 1 is 0.562 bits per heavy atom. The molecule has 0 spiro atoms. The van der Waals surface area contributed by atoms with Gasteiger partial charge in [-0.25, -0.2) is 0 Å². The Hall–Kier alpha value is -1.30. The number of fused-ring (bicyclic) bond motifs is 1. The summed E-state index contributed by atoms with van der Waals surface area (Å²) >= 11 is 0. The first-order chi connectivity index (χ1) is 7.45. The summed E-state index contributed by atoms with van der Waals surface area (Å²) in [5.74, 6) is 0. The molecule has 0 fully saturated rings. The zero-order valence-electron chi connectivity index (χ0n) is 11.2. The van der Waals surface area contributed by atoms with Gasteiger partial charge in [-0.1, -0.05) is 12.1 Å². The molecule has 0 atom stereocenters. The zero-order chi connectivity index (χ0) is 12.0. The van der Waals surface area contributed by atoms with Crippen molar-refractivity contribution in [1.82, 2.24) is 0 Å². The molecule has 0 amide bonds. The third kappa shape index (κ3) is 1.36. The maximum absolute atomic E-state index is 2.27. The molecule has 0 radical (unpaired) electrons. The van der Waals surface area contributed by atoms with E-state index in [4.69, 9.17) is 0 Å². The Morgan fingerprint density at radius 3 is 1.75 bits per heavy atom. The number of hydrogen-bond donors (Lipinski definition) is 0. The summed E-state index contributed by atoms with van der Waals surface area (Å²) in [5.41, 5.74) is 8.58. The molecule has 0 saturated carbocycles. The van der Waals surface area contributed by atoms with Crippen LogP contribution in [0.25, 0.3) is 10.8 Å². The van der Waals surface area contributed by atoms with Gasteiger partial charge in [-0.15, -0.1) is 0 Å². The molecule has 16 heavy (non-hydrogen) atoms. The molecule has 0 nitrogen and oxygen atoms in total. The molecule has 2 aromatic rings. The third-order valence-electron chi connectivity index (χ3n) is 4.20. The maximum Gasteiger partial charge on any atom is -0.0117 e. The summed E-state index contributed by atoms with van der Waals surface area (Å²) < 4.78 is 0. The van der Waals surface area contributed by atoms with E-state index in [0.717, 1.165) is 0 Å². The van der Waals surface area contributed by atoms with Gasteiger partial charge in [-0.2, -0.15) is 0 Å². The van der Waals surface area contributed by atoms with E-state index in [9.17, 15) is 0 Å². The second-order valence-corrected chi connectivity index (χ2v) is 4.93. The second-order valence-electron chi connectivity index (χ2n) is 4.93. The number of rotatable bonds is 0. The van der Waals surface area contributed by atoms with E-state index in [-0.39, 0.29) is 0 Å². The molecule has 0 aliphatic carbocycles. The van der Waals surface area contributed by atoms with Crippen molar-refractivity contribution < 1.29 is 0 Å². The lowest BCUT2D eigenvalue weighted by atomic mass is 9.88. The molecule has 0 N–H and O–H groups in total. The van der Waals surface area contributed by atoms with Gasteiger partial charge < -0.3 is 0 Å². The van der Waals surface area contributed by atoms with E-state index < -0.39 is 0 Å². The second kappa shape index (κ2) is 3.62.